The number of thioether (sulfide) groups is 1. The third-order valence-corrected chi connectivity index (χ3v) is 6.53. The van der Waals surface area contributed by atoms with Crippen molar-refractivity contribution in [2.24, 2.45) is 0 Å². The predicted octanol–water partition coefficient (Wildman–Crippen LogP) is 4.78. The van der Waals surface area contributed by atoms with E-state index in [0.717, 1.165) is 27.7 Å². The van der Waals surface area contributed by atoms with Crippen molar-refractivity contribution in [3.63, 3.8) is 0 Å². The fraction of sp³-hybridized carbons (Fsp3) is 0.273. The Hall–Kier alpha value is -3.31. The van der Waals surface area contributed by atoms with Crippen molar-refractivity contribution in [1.29, 1.82) is 5.26 Å². The molecule has 0 saturated carbocycles. The lowest BCUT2D eigenvalue weighted by atomic mass is 10.1. The van der Waals surface area contributed by atoms with Crippen molar-refractivity contribution in [2.75, 3.05) is 5.32 Å². The van der Waals surface area contributed by atoms with Crippen LogP contribution in [0.1, 0.15) is 35.8 Å². The third-order valence-electron chi connectivity index (χ3n) is 5.22. The molecule has 1 aromatic carbocycles. The van der Waals surface area contributed by atoms with E-state index in [1.54, 1.807) is 13.8 Å². The zero-order chi connectivity index (χ0) is 21.4. The van der Waals surface area contributed by atoms with Crippen LogP contribution in [0.15, 0.2) is 39.9 Å². The number of anilines is 1. The van der Waals surface area contributed by atoms with Gasteiger partial charge < -0.3 is 4.42 Å². The lowest BCUT2D eigenvalue weighted by molar-refractivity contribution is -0.115. The van der Waals surface area contributed by atoms with Crippen molar-refractivity contribution in [3.05, 3.63) is 52.8 Å². The highest BCUT2D eigenvalue weighted by molar-refractivity contribution is 8.00. The van der Waals surface area contributed by atoms with Crippen LogP contribution >= 0.6 is 11.8 Å². The smallest absolute Gasteiger partial charge is 0.240 e. The summed E-state index contributed by atoms with van der Waals surface area (Å²) >= 11 is 1.35. The first-order valence-corrected chi connectivity index (χ1v) is 10.5. The Balaban J connectivity index is 1.67. The van der Waals surface area contributed by atoms with Crippen LogP contribution in [-0.2, 0) is 4.79 Å². The number of aryl methyl sites for hydroxylation is 2. The van der Waals surface area contributed by atoms with Gasteiger partial charge in [-0.15, -0.1) is 10.2 Å². The summed E-state index contributed by atoms with van der Waals surface area (Å²) < 4.78 is 7.56. The third kappa shape index (κ3) is 3.31. The minimum Gasteiger partial charge on any atom is -0.444 e. The molecule has 0 radical (unpaired) electrons. The maximum atomic E-state index is 13.0. The molecular formula is C22H21N5O2S. The highest BCUT2D eigenvalue weighted by Crippen LogP contribution is 2.31. The van der Waals surface area contributed by atoms with Gasteiger partial charge in [0.25, 0.3) is 0 Å². The summed E-state index contributed by atoms with van der Waals surface area (Å²) in [7, 11) is 0. The number of nitrogens with zero attached hydrogens (tertiary/aromatic N) is 4. The van der Waals surface area contributed by atoms with Crippen LogP contribution in [-0.4, -0.2) is 25.8 Å². The van der Waals surface area contributed by atoms with Gasteiger partial charge in [0.05, 0.1) is 10.8 Å². The van der Waals surface area contributed by atoms with E-state index in [0.29, 0.717) is 22.9 Å². The fourth-order valence-corrected chi connectivity index (χ4v) is 4.41. The number of hydrogen-bond acceptors (Lipinski definition) is 6. The number of nitrogens with one attached hydrogen (secondary N) is 1. The van der Waals surface area contributed by atoms with Gasteiger partial charge in [0.2, 0.25) is 11.8 Å². The van der Waals surface area contributed by atoms with Crippen LogP contribution in [0.4, 0.5) is 5.88 Å². The molecule has 0 saturated heterocycles. The number of aromatic nitrogens is 3. The lowest BCUT2D eigenvalue weighted by Crippen LogP contribution is -2.25. The van der Waals surface area contributed by atoms with Crippen molar-refractivity contribution in [1.82, 2.24) is 14.6 Å². The molecule has 4 rings (SSSR count). The van der Waals surface area contributed by atoms with Crippen LogP contribution in [0, 0.1) is 32.1 Å². The van der Waals surface area contributed by atoms with Gasteiger partial charge in [-0.05, 0) is 44.9 Å². The summed E-state index contributed by atoms with van der Waals surface area (Å²) in [6, 6.07) is 12.2. The monoisotopic (exact) mass is 419 g/mol. The molecule has 0 aliphatic rings. The molecule has 4 aromatic rings. The van der Waals surface area contributed by atoms with Crippen molar-refractivity contribution in [2.45, 2.75) is 44.5 Å². The average molecular weight is 420 g/mol. The molecule has 0 fully saturated rings. The molecule has 1 amide bonds. The molecule has 8 heteroatoms. The standard InChI is InChI=1S/C22H21N5O2S/c1-5-18(20(28)24-21-16(11-23)13(3)14(4)29-21)30-22-26-25-19-10-12(2)15-8-6-7-9-17(15)27(19)22/h6-10,18H,5H2,1-4H3,(H,24,28). The molecule has 0 aliphatic heterocycles. The number of carbonyl (C=O) groups excluding carboxylic acids is 1. The van der Waals surface area contributed by atoms with Gasteiger partial charge in [0.1, 0.15) is 17.4 Å². The molecule has 0 bridgehead atoms. The fourth-order valence-electron chi connectivity index (χ4n) is 3.44. The van der Waals surface area contributed by atoms with E-state index in [1.807, 2.05) is 42.5 Å². The summed E-state index contributed by atoms with van der Waals surface area (Å²) in [5.41, 5.74) is 3.96. The Morgan fingerprint density at radius 3 is 2.80 bits per heavy atom. The first kappa shape index (κ1) is 20.0. The van der Waals surface area contributed by atoms with Crippen molar-refractivity contribution in [3.8, 4) is 6.07 Å². The molecule has 3 aromatic heterocycles. The minimum atomic E-state index is -0.422. The van der Waals surface area contributed by atoms with E-state index in [1.165, 1.54) is 11.8 Å². The Labute approximate surface area is 178 Å². The molecule has 0 aliphatic carbocycles. The van der Waals surface area contributed by atoms with E-state index in [2.05, 4.69) is 27.6 Å². The number of carbonyl (C=O) groups is 1. The number of nitriles is 1. The molecule has 3 heterocycles. The highest BCUT2D eigenvalue weighted by atomic mass is 32.2. The van der Waals surface area contributed by atoms with E-state index < -0.39 is 5.25 Å². The van der Waals surface area contributed by atoms with Gasteiger partial charge in [-0.1, -0.05) is 36.9 Å². The quantitative estimate of drug-likeness (QED) is 0.468. The van der Waals surface area contributed by atoms with E-state index in [-0.39, 0.29) is 11.8 Å². The molecule has 152 valence electrons. The average Bonchev–Trinajstić information content (AvgIpc) is 3.26. The summed E-state index contributed by atoms with van der Waals surface area (Å²) in [4.78, 5) is 13.0. The predicted molar refractivity (Wildman–Crippen MR) is 117 cm³/mol. The second-order valence-corrected chi connectivity index (χ2v) is 8.29. The molecule has 30 heavy (non-hydrogen) atoms. The number of rotatable bonds is 5. The number of furan rings is 1. The van der Waals surface area contributed by atoms with E-state index >= 15 is 0 Å². The maximum Gasteiger partial charge on any atom is 0.240 e. The first-order valence-electron chi connectivity index (χ1n) is 9.65. The number of benzene rings is 1. The summed E-state index contributed by atoms with van der Waals surface area (Å²) in [6.07, 6.45) is 0.579. The van der Waals surface area contributed by atoms with Gasteiger partial charge in [-0.2, -0.15) is 5.26 Å². The number of pyridine rings is 1. The van der Waals surface area contributed by atoms with Crippen LogP contribution in [0.3, 0.4) is 0 Å². The second kappa shape index (κ2) is 7.84. The van der Waals surface area contributed by atoms with Gasteiger partial charge in [-0.3, -0.25) is 14.5 Å². The second-order valence-electron chi connectivity index (χ2n) is 7.12. The normalized spacial score (nSPS) is 12.2. The lowest BCUT2D eigenvalue weighted by Gasteiger charge is -2.13. The Morgan fingerprint density at radius 1 is 1.30 bits per heavy atom. The van der Waals surface area contributed by atoms with Crippen LogP contribution in [0.2, 0.25) is 0 Å². The maximum absolute atomic E-state index is 13.0. The molecule has 0 spiro atoms. The topological polar surface area (TPSA) is 96.2 Å². The van der Waals surface area contributed by atoms with Gasteiger partial charge >= 0.3 is 0 Å². The summed E-state index contributed by atoms with van der Waals surface area (Å²) in [5.74, 6) is 0.581. The van der Waals surface area contributed by atoms with Crippen molar-refractivity contribution < 1.29 is 9.21 Å². The number of para-hydroxylation sites is 1. The van der Waals surface area contributed by atoms with Gasteiger partial charge in [-0.25, -0.2) is 0 Å². The molecular weight excluding hydrogens is 398 g/mol. The van der Waals surface area contributed by atoms with Gasteiger partial charge in [0, 0.05) is 10.9 Å². The summed E-state index contributed by atoms with van der Waals surface area (Å²) in [6.45, 7) is 7.56. The highest BCUT2D eigenvalue weighted by Gasteiger charge is 2.25. The van der Waals surface area contributed by atoms with Crippen LogP contribution < -0.4 is 5.32 Å². The number of fused-ring (bicyclic) bond motifs is 3. The van der Waals surface area contributed by atoms with Crippen molar-refractivity contribution >= 4 is 40.1 Å². The Morgan fingerprint density at radius 2 is 2.07 bits per heavy atom. The summed E-state index contributed by atoms with van der Waals surface area (Å²) in [5, 5.41) is 22.1. The van der Waals surface area contributed by atoms with Crippen LogP contribution in [0.25, 0.3) is 16.6 Å². The van der Waals surface area contributed by atoms with Gasteiger partial charge in [0.15, 0.2) is 10.8 Å². The molecule has 1 unspecified atom stereocenters. The van der Waals surface area contributed by atoms with E-state index in [9.17, 15) is 10.1 Å². The Bertz CT molecular complexity index is 1310. The first-order chi connectivity index (χ1) is 14.4. The zero-order valence-corrected chi connectivity index (χ0v) is 18.0. The zero-order valence-electron chi connectivity index (χ0n) is 17.2. The number of amides is 1. The number of hydrogen-bond donors (Lipinski definition) is 1. The largest absolute Gasteiger partial charge is 0.444 e. The SMILES string of the molecule is CCC(Sc1nnc2cc(C)c3ccccc3n12)C(=O)Nc1oc(C)c(C)c1C#N. The molecule has 7 nitrogen and oxygen atoms in total. The Kier molecular flexibility index (Phi) is 5.22. The van der Waals surface area contributed by atoms with E-state index in [4.69, 9.17) is 4.42 Å². The minimum absolute atomic E-state index is 0.198. The molecule has 1 N–H and O–H groups in total. The van der Waals surface area contributed by atoms with Crippen LogP contribution in [0.5, 0.6) is 0 Å². The molecule has 1 atom stereocenters.